The van der Waals surface area contributed by atoms with Gasteiger partial charge in [-0.25, -0.2) is 4.57 Å². The van der Waals surface area contributed by atoms with E-state index in [0.29, 0.717) is 24.2 Å². The van der Waals surface area contributed by atoms with Crippen LogP contribution in [0.5, 0.6) is 0 Å². The van der Waals surface area contributed by atoms with Crippen molar-refractivity contribution in [3.8, 4) is 0 Å². The summed E-state index contributed by atoms with van der Waals surface area (Å²) in [7, 11) is 1.49. The molecule has 0 saturated carbocycles. The minimum Gasteiger partial charge on any atom is -0.396 e. The van der Waals surface area contributed by atoms with Gasteiger partial charge in [-0.2, -0.15) is 0 Å². The monoisotopic (exact) mass is 215 g/mol. The average molecular weight is 215 g/mol. The van der Waals surface area contributed by atoms with Gasteiger partial charge in [0.2, 0.25) is 0 Å². The highest BCUT2D eigenvalue weighted by molar-refractivity contribution is 5.23. The van der Waals surface area contributed by atoms with Crippen LogP contribution < -0.4 is 0 Å². The third-order valence-corrected chi connectivity index (χ3v) is 2.16. The van der Waals surface area contributed by atoms with Crippen molar-refractivity contribution in [2.75, 3.05) is 6.61 Å². The first-order chi connectivity index (χ1) is 7.11. The second-order valence-corrected chi connectivity index (χ2v) is 3.11. The fourth-order valence-corrected chi connectivity index (χ4v) is 1.38. The van der Waals surface area contributed by atoms with E-state index in [9.17, 15) is 10.1 Å². The molecule has 1 aromatic heterocycles. The summed E-state index contributed by atoms with van der Waals surface area (Å²) >= 11 is 0. The Balaban J connectivity index is 3.04. The molecule has 0 fully saturated rings. The second kappa shape index (κ2) is 4.85. The van der Waals surface area contributed by atoms with Crippen LogP contribution in [0.1, 0.15) is 17.8 Å². The fourth-order valence-electron chi connectivity index (χ4n) is 1.38. The Hall–Kier alpha value is -1.47. The summed E-state index contributed by atoms with van der Waals surface area (Å²) in [6, 6.07) is 0. The molecule has 0 aliphatic rings. The Kier molecular flexibility index (Phi) is 3.75. The number of imidazole rings is 1. The van der Waals surface area contributed by atoms with Crippen LogP contribution in [0, 0.1) is 10.1 Å². The van der Waals surface area contributed by atoms with Crippen LogP contribution in [0.2, 0.25) is 0 Å². The maximum Gasteiger partial charge on any atom is 0.434 e. The Morgan fingerprint density at radius 1 is 1.53 bits per heavy atom. The zero-order valence-corrected chi connectivity index (χ0v) is 8.38. The number of nitrogens with zero attached hydrogens (tertiary/aromatic N) is 3. The molecule has 0 radical (unpaired) electrons. The van der Waals surface area contributed by atoms with Gasteiger partial charge >= 0.3 is 5.95 Å². The van der Waals surface area contributed by atoms with Crippen molar-refractivity contribution in [3.05, 3.63) is 21.5 Å². The van der Waals surface area contributed by atoms with Crippen molar-refractivity contribution in [2.24, 2.45) is 7.05 Å². The molecule has 0 bridgehead atoms. The summed E-state index contributed by atoms with van der Waals surface area (Å²) in [6.07, 6.45) is 0.898. The Morgan fingerprint density at radius 2 is 2.20 bits per heavy atom. The Bertz CT molecular complexity index is 361. The molecule has 0 aliphatic carbocycles. The van der Waals surface area contributed by atoms with Crippen LogP contribution in [-0.2, 0) is 20.1 Å². The summed E-state index contributed by atoms with van der Waals surface area (Å²) in [4.78, 5) is 13.8. The van der Waals surface area contributed by atoms with Gasteiger partial charge in [0.1, 0.15) is 12.3 Å². The average Bonchev–Trinajstić information content (AvgIpc) is 2.52. The van der Waals surface area contributed by atoms with Gasteiger partial charge in [-0.15, -0.1) is 0 Å². The maximum absolute atomic E-state index is 10.6. The van der Waals surface area contributed by atoms with E-state index in [1.165, 1.54) is 11.6 Å². The minimum absolute atomic E-state index is 0.00472. The molecule has 0 aliphatic heterocycles. The summed E-state index contributed by atoms with van der Waals surface area (Å²) < 4.78 is 1.26. The van der Waals surface area contributed by atoms with Crippen molar-refractivity contribution in [1.29, 1.82) is 0 Å². The Morgan fingerprint density at radius 3 is 2.67 bits per heavy atom. The van der Waals surface area contributed by atoms with E-state index in [1.807, 2.05) is 0 Å². The molecule has 1 aromatic rings. The number of aryl methyl sites for hydroxylation is 1. The van der Waals surface area contributed by atoms with Crippen LogP contribution in [0.15, 0.2) is 0 Å². The van der Waals surface area contributed by atoms with Gasteiger partial charge in [0.15, 0.2) is 5.69 Å². The third kappa shape index (κ3) is 2.31. The van der Waals surface area contributed by atoms with Gasteiger partial charge in [-0.1, -0.05) is 4.98 Å². The van der Waals surface area contributed by atoms with Gasteiger partial charge in [-0.3, -0.25) is 0 Å². The molecule has 84 valence electrons. The summed E-state index contributed by atoms with van der Waals surface area (Å²) in [5, 5.41) is 28.3. The van der Waals surface area contributed by atoms with E-state index in [4.69, 9.17) is 10.2 Å². The molecule has 0 atom stereocenters. The second-order valence-electron chi connectivity index (χ2n) is 3.11. The molecule has 0 spiro atoms. The molecule has 0 unspecified atom stereocenters. The van der Waals surface area contributed by atoms with Crippen molar-refractivity contribution in [1.82, 2.24) is 9.55 Å². The molecule has 0 amide bonds. The van der Waals surface area contributed by atoms with Crippen LogP contribution in [0.4, 0.5) is 5.95 Å². The first-order valence-corrected chi connectivity index (χ1v) is 4.52. The van der Waals surface area contributed by atoms with Gasteiger partial charge < -0.3 is 20.3 Å². The minimum atomic E-state index is -0.596. The largest absolute Gasteiger partial charge is 0.434 e. The number of rotatable bonds is 5. The van der Waals surface area contributed by atoms with Crippen molar-refractivity contribution in [3.63, 3.8) is 0 Å². The lowest BCUT2D eigenvalue weighted by Crippen LogP contribution is -2.02. The fraction of sp³-hybridized carbons (Fsp3) is 0.625. The van der Waals surface area contributed by atoms with E-state index in [1.54, 1.807) is 0 Å². The third-order valence-electron chi connectivity index (χ3n) is 2.16. The molecule has 2 N–H and O–H groups in total. The molecule has 15 heavy (non-hydrogen) atoms. The SMILES string of the molecule is Cn1c([N+](=O)[O-])nc(CCCO)c1CO. The van der Waals surface area contributed by atoms with Crippen LogP contribution in [0.3, 0.4) is 0 Å². The lowest BCUT2D eigenvalue weighted by molar-refractivity contribution is -0.396. The predicted molar refractivity (Wildman–Crippen MR) is 51.2 cm³/mol. The van der Waals surface area contributed by atoms with Crippen molar-refractivity contribution < 1.29 is 15.1 Å². The number of hydrogen-bond acceptors (Lipinski definition) is 5. The number of aliphatic hydroxyl groups excluding tert-OH is 2. The van der Waals surface area contributed by atoms with Crippen molar-refractivity contribution >= 4 is 5.95 Å². The highest BCUT2D eigenvalue weighted by Crippen LogP contribution is 2.17. The lowest BCUT2D eigenvalue weighted by atomic mass is 10.2. The molecule has 0 saturated heterocycles. The topological polar surface area (TPSA) is 101 Å². The zero-order chi connectivity index (χ0) is 11.4. The van der Waals surface area contributed by atoms with Gasteiger partial charge in [0.25, 0.3) is 0 Å². The Labute approximate surface area is 86.1 Å². The molecule has 7 heteroatoms. The molecule has 0 aromatic carbocycles. The summed E-state index contributed by atoms with van der Waals surface area (Å²) in [5.74, 6) is -0.285. The number of hydrogen-bond donors (Lipinski definition) is 2. The lowest BCUT2D eigenvalue weighted by Gasteiger charge is -1.96. The maximum atomic E-state index is 10.6. The van der Waals surface area contributed by atoms with Crippen molar-refractivity contribution in [2.45, 2.75) is 19.4 Å². The molecular formula is C8H13N3O4. The van der Waals surface area contributed by atoms with Crippen LogP contribution in [0.25, 0.3) is 0 Å². The normalized spacial score (nSPS) is 10.6. The highest BCUT2D eigenvalue weighted by atomic mass is 16.6. The molecule has 1 rings (SSSR count). The van der Waals surface area contributed by atoms with Gasteiger partial charge in [0.05, 0.1) is 7.05 Å². The number of aliphatic hydroxyl groups is 2. The zero-order valence-electron chi connectivity index (χ0n) is 8.38. The van der Waals surface area contributed by atoms with Crippen LogP contribution >= 0.6 is 0 Å². The first kappa shape index (κ1) is 11.6. The van der Waals surface area contributed by atoms with E-state index in [-0.39, 0.29) is 19.2 Å². The van der Waals surface area contributed by atoms with Gasteiger partial charge in [-0.05, 0) is 11.3 Å². The van der Waals surface area contributed by atoms with E-state index in [0.717, 1.165) is 0 Å². The predicted octanol–water partition coefficient (Wildman–Crippen LogP) is -0.255. The summed E-state index contributed by atoms with van der Waals surface area (Å²) in [6.45, 7) is -0.298. The highest BCUT2D eigenvalue weighted by Gasteiger charge is 2.23. The number of nitro groups is 1. The first-order valence-electron chi connectivity index (χ1n) is 4.52. The quantitative estimate of drug-likeness (QED) is 0.520. The molecule has 1 heterocycles. The van der Waals surface area contributed by atoms with Gasteiger partial charge in [0, 0.05) is 13.0 Å². The standard InChI is InChI=1S/C8H13N3O4/c1-10-7(5-13)6(3-2-4-12)9-8(10)11(14)15/h12-13H,2-5H2,1H3. The van der Waals surface area contributed by atoms with E-state index < -0.39 is 4.92 Å². The smallest absolute Gasteiger partial charge is 0.396 e. The molecular weight excluding hydrogens is 202 g/mol. The molecule has 7 nitrogen and oxygen atoms in total. The number of aromatic nitrogens is 2. The summed E-state index contributed by atoms with van der Waals surface area (Å²) in [5.41, 5.74) is 0.899. The van der Waals surface area contributed by atoms with E-state index >= 15 is 0 Å². The van der Waals surface area contributed by atoms with E-state index in [2.05, 4.69) is 4.98 Å². The van der Waals surface area contributed by atoms with Crippen LogP contribution in [-0.4, -0.2) is 31.3 Å².